The highest BCUT2D eigenvalue weighted by molar-refractivity contribution is 7.98. The molecule has 4 heteroatoms. The van der Waals surface area contributed by atoms with Crippen molar-refractivity contribution in [3.8, 4) is 11.3 Å². The Bertz CT molecular complexity index is 491. The van der Waals surface area contributed by atoms with E-state index in [-0.39, 0.29) is 6.04 Å². The summed E-state index contributed by atoms with van der Waals surface area (Å²) in [6, 6.07) is 8.58. The zero-order valence-electron chi connectivity index (χ0n) is 10.7. The van der Waals surface area contributed by atoms with Crippen LogP contribution >= 0.6 is 23.1 Å². The van der Waals surface area contributed by atoms with Crippen molar-refractivity contribution < 1.29 is 0 Å². The quantitative estimate of drug-likeness (QED) is 0.827. The Labute approximate surface area is 117 Å². The lowest BCUT2D eigenvalue weighted by atomic mass is 10.1. The lowest BCUT2D eigenvalue weighted by Gasteiger charge is -2.05. The Kier molecular flexibility index (Phi) is 4.80. The molecule has 2 aromatic rings. The molecule has 0 fully saturated rings. The van der Waals surface area contributed by atoms with Crippen LogP contribution in [0.3, 0.4) is 0 Å². The summed E-state index contributed by atoms with van der Waals surface area (Å²) < 4.78 is 0. The molecule has 0 radical (unpaired) electrons. The molecule has 18 heavy (non-hydrogen) atoms. The first-order chi connectivity index (χ1) is 8.74. The first-order valence-electron chi connectivity index (χ1n) is 6.10. The van der Waals surface area contributed by atoms with Gasteiger partial charge in [0.05, 0.1) is 11.7 Å². The van der Waals surface area contributed by atoms with E-state index in [1.54, 1.807) is 23.1 Å². The molecule has 0 saturated carbocycles. The van der Waals surface area contributed by atoms with E-state index in [4.69, 9.17) is 5.73 Å². The van der Waals surface area contributed by atoms with Crippen molar-refractivity contribution in [2.75, 3.05) is 6.26 Å². The minimum Gasteiger partial charge on any atom is -0.322 e. The summed E-state index contributed by atoms with van der Waals surface area (Å²) in [4.78, 5) is 5.92. The predicted molar refractivity (Wildman–Crippen MR) is 81.2 cm³/mol. The van der Waals surface area contributed by atoms with Gasteiger partial charge in [-0.15, -0.1) is 23.1 Å². The summed E-state index contributed by atoms with van der Waals surface area (Å²) >= 11 is 3.41. The van der Waals surface area contributed by atoms with Gasteiger partial charge < -0.3 is 5.73 Å². The van der Waals surface area contributed by atoms with Gasteiger partial charge in [0, 0.05) is 15.8 Å². The minimum atomic E-state index is 0.0826. The number of nitrogens with zero attached hydrogens (tertiary/aromatic N) is 1. The standard InChI is InChI=1S/C14H18N2S2/c1-3-4-12(15)14-16-13(9-18-14)10-5-7-11(17-2)8-6-10/h5-9,12H,3-4,15H2,1-2H3. The van der Waals surface area contributed by atoms with Crippen LogP contribution in [-0.2, 0) is 0 Å². The maximum atomic E-state index is 6.09. The number of hydrogen-bond donors (Lipinski definition) is 1. The second kappa shape index (κ2) is 6.36. The molecule has 2 nitrogen and oxygen atoms in total. The molecule has 0 aliphatic carbocycles. The van der Waals surface area contributed by atoms with Crippen molar-refractivity contribution in [3.63, 3.8) is 0 Å². The minimum absolute atomic E-state index is 0.0826. The summed E-state index contributed by atoms with van der Waals surface area (Å²) in [5.41, 5.74) is 8.29. The zero-order valence-corrected chi connectivity index (χ0v) is 12.4. The van der Waals surface area contributed by atoms with Crippen LogP contribution in [0.1, 0.15) is 30.8 Å². The average molecular weight is 278 g/mol. The summed E-state index contributed by atoms with van der Waals surface area (Å²) in [5.74, 6) is 0. The van der Waals surface area contributed by atoms with Gasteiger partial charge in [0.1, 0.15) is 5.01 Å². The van der Waals surface area contributed by atoms with Crippen LogP contribution in [0.5, 0.6) is 0 Å². The number of aromatic nitrogens is 1. The molecule has 1 aromatic heterocycles. The Balaban J connectivity index is 2.18. The molecule has 0 amide bonds. The van der Waals surface area contributed by atoms with E-state index in [0.717, 1.165) is 23.5 Å². The lowest BCUT2D eigenvalue weighted by Crippen LogP contribution is -2.09. The van der Waals surface area contributed by atoms with Crippen molar-refractivity contribution in [1.82, 2.24) is 4.98 Å². The van der Waals surface area contributed by atoms with Crippen molar-refractivity contribution in [1.29, 1.82) is 0 Å². The molecule has 96 valence electrons. The van der Waals surface area contributed by atoms with Gasteiger partial charge in [0.2, 0.25) is 0 Å². The Morgan fingerprint density at radius 2 is 2.06 bits per heavy atom. The van der Waals surface area contributed by atoms with Crippen LogP contribution in [0.15, 0.2) is 34.5 Å². The molecular formula is C14H18N2S2. The van der Waals surface area contributed by atoms with Crippen LogP contribution in [0, 0.1) is 0 Å². The summed E-state index contributed by atoms with van der Waals surface area (Å²) in [5, 5.41) is 3.14. The van der Waals surface area contributed by atoms with E-state index < -0.39 is 0 Å². The highest BCUT2D eigenvalue weighted by Gasteiger charge is 2.10. The van der Waals surface area contributed by atoms with Gasteiger partial charge in [-0.1, -0.05) is 25.5 Å². The first kappa shape index (κ1) is 13.6. The largest absolute Gasteiger partial charge is 0.322 e. The summed E-state index contributed by atoms with van der Waals surface area (Å²) in [7, 11) is 0. The fourth-order valence-corrected chi connectivity index (χ4v) is 3.06. The molecule has 0 spiro atoms. The third-order valence-electron chi connectivity index (χ3n) is 2.82. The highest BCUT2D eigenvalue weighted by atomic mass is 32.2. The van der Waals surface area contributed by atoms with Gasteiger partial charge in [-0.25, -0.2) is 4.98 Å². The number of benzene rings is 1. The van der Waals surface area contributed by atoms with Gasteiger partial charge in [-0.3, -0.25) is 0 Å². The SMILES string of the molecule is CCCC(N)c1nc(-c2ccc(SC)cc2)cs1. The van der Waals surface area contributed by atoms with Crippen molar-refractivity contribution >= 4 is 23.1 Å². The molecule has 2 N–H and O–H groups in total. The number of nitrogens with two attached hydrogens (primary N) is 1. The zero-order chi connectivity index (χ0) is 13.0. The average Bonchev–Trinajstić information content (AvgIpc) is 2.89. The predicted octanol–water partition coefficient (Wildman–Crippen LogP) is 4.33. The number of thiazole rings is 1. The third kappa shape index (κ3) is 3.13. The Morgan fingerprint density at radius 3 is 2.67 bits per heavy atom. The fourth-order valence-electron chi connectivity index (χ4n) is 1.79. The lowest BCUT2D eigenvalue weighted by molar-refractivity contribution is 0.635. The summed E-state index contributed by atoms with van der Waals surface area (Å²) in [6.45, 7) is 2.15. The van der Waals surface area contributed by atoms with E-state index in [2.05, 4.69) is 47.8 Å². The Morgan fingerprint density at radius 1 is 1.33 bits per heavy atom. The van der Waals surface area contributed by atoms with Crippen molar-refractivity contribution in [2.45, 2.75) is 30.7 Å². The third-order valence-corrected chi connectivity index (χ3v) is 4.54. The normalized spacial score (nSPS) is 12.6. The topological polar surface area (TPSA) is 38.9 Å². The van der Waals surface area contributed by atoms with E-state index in [0.29, 0.717) is 0 Å². The van der Waals surface area contributed by atoms with Gasteiger partial charge in [0.15, 0.2) is 0 Å². The van der Waals surface area contributed by atoms with Crippen LogP contribution in [0.2, 0.25) is 0 Å². The monoisotopic (exact) mass is 278 g/mol. The number of hydrogen-bond acceptors (Lipinski definition) is 4. The van der Waals surface area contributed by atoms with E-state index in [1.165, 1.54) is 10.5 Å². The van der Waals surface area contributed by atoms with Crippen LogP contribution in [-0.4, -0.2) is 11.2 Å². The number of thioether (sulfide) groups is 1. The van der Waals surface area contributed by atoms with Crippen LogP contribution < -0.4 is 5.73 Å². The second-order valence-electron chi connectivity index (χ2n) is 4.19. The Hall–Kier alpha value is -0.840. The molecule has 2 rings (SSSR count). The second-order valence-corrected chi connectivity index (χ2v) is 5.96. The van der Waals surface area contributed by atoms with Gasteiger partial charge in [-0.2, -0.15) is 0 Å². The highest BCUT2D eigenvalue weighted by Crippen LogP contribution is 2.27. The summed E-state index contributed by atoms with van der Waals surface area (Å²) in [6.07, 6.45) is 4.18. The van der Waals surface area contributed by atoms with E-state index in [1.807, 2.05) is 0 Å². The fraction of sp³-hybridized carbons (Fsp3) is 0.357. The van der Waals surface area contributed by atoms with Crippen LogP contribution in [0.25, 0.3) is 11.3 Å². The molecular weight excluding hydrogens is 260 g/mol. The maximum absolute atomic E-state index is 6.09. The first-order valence-corrected chi connectivity index (χ1v) is 8.20. The maximum Gasteiger partial charge on any atom is 0.110 e. The van der Waals surface area contributed by atoms with E-state index >= 15 is 0 Å². The molecule has 1 atom stereocenters. The van der Waals surface area contributed by atoms with Crippen molar-refractivity contribution in [2.24, 2.45) is 5.73 Å². The molecule has 1 heterocycles. The van der Waals surface area contributed by atoms with Gasteiger partial charge in [-0.05, 0) is 24.8 Å². The molecule has 0 bridgehead atoms. The van der Waals surface area contributed by atoms with Gasteiger partial charge >= 0.3 is 0 Å². The molecule has 1 unspecified atom stereocenters. The van der Waals surface area contributed by atoms with Gasteiger partial charge in [0.25, 0.3) is 0 Å². The van der Waals surface area contributed by atoms with Crippen LogP contribution in [0.4, 0.5) is 0 Å². The van der Waals surface area contributed by atoms with Crippen molar-refractivity contribution in [3.05, 3.63) is 34.7 Å². The number of rotatable bonds is 5. The molecule has 1 aromatic carbocycles. The molecule has 0 aliphatic rings. The smallest absolute Gasteiger partial charge is 0.110 e. The van der Waals surface area contributed by atoms with E-state index in [9.17, 15) is 0 Å². The molecule has 0 saturated heterocycles. The molecule has 0 aliphatic heterocycles.